The van der Waals surface area contributed by atoms with Gasteiger partial charge in [0.25, 0.3) is 13.3 Å². The molecule has 0 rings (SSSR count). The molecule has 0 unspecified atom stereocenters. The van der Waals surface area contributed by atoms with Crippen LogP contribution in [-0.2, 0) is 14.4 Å². The molecular weight excluding hydrogens is 195 g/mol. The van der Waals surface area contributed by atoms with Crippen molar-refractivity contribution in [2.24, 2.45) is 5.92 Å². The van der Waals surface area contributed by atoms with Crippen LogP contribution in [0.2, 0.25) is 0 Å². The average Bonchev–Trinajstić information content (AvgIpc) is 2.27. The predicted molar refractivity (Wildman–Crippen MR) is 58.7 cm³/mol. The molecule has 0 aliphatic rings. The minimum absolute atomic E-state index is 0.131. The lowest BCUT2D eigenvalue weighted by atomic mass is 9.90. The van der Waals surface area contributed by atoms with E-state index in [2.05, 4.69) is 5.23 Å². The van der Waals surface area contributed by atoms with Crippen LogP contribution < -0.4 is 5.23 Å². The van der Waals surface area contributed by atoms with Gasteiger partial charge in [-0.3, -0.25) is 9.63 Å². The number of carbonyl (C=O) groups excluding carboxylic acids is 2. The van der Waals surface area contributed by atoms with Crippen LogP contribution in [0.25, 0.3) is 0 Å². The second-order valence-corrected chi connectivity index (χ2v) is 3.35. The number of hydrogen-bond acceptors (Lipinski definition) is 4. The third kappa shape index (κ3) is 4.44. The first-order chi connectivity index (χ1) is 7.08. The zero-order valence-electron chi connectivity index (χ0n) is 9.69. The van der Waals surface area contributed by atoms with Crippen LogP contribution >= 0.6 is 0 Å². The van der Waals surface area contributed by atoms with Gasteiger partial charge in [0, 0.05) is 7.05 Å². The first kappa shape index (κ1) is 14.1. The van der Waals surface area contributed by atoms with Crippen LogP contribution in [0.3, 0.4) is 0 Å². The standard InChI is InChI=1S/C9H18BN2O3/c1-5-7(2)8(11-10-6-13)9(14)12(3)15-4/h6-8,11H,5H2,1-4H3/t7-,8-/m0/s1. The van der Waals surface area contributed by atoms with Gasteiger partial charge in [-0.05, 0) is 5.92 Å². The highest BCUT2D eigenvalue weighted by Crippen LogP contribution is 2.09. The van der Waals surface area contributed by atoms with E-state index in [0.29, 0.717) is 6.19 Å². The Labute approximate surface area is 91.4 Å². The summed E-state index contributed by atoms with van der Waals surface area (Å²) >= 11 is 0. The zero-order valence-corrected chi connectivity index (χ0v) is 9.69. The van der Waals surface area contributed by atoms with Crippen LogP contribution in [0.4, 0.5) is 0 Å². The van der Waals surface area contributed by atoms with Crippen LogP contribution in [0.1, 0.15) is 20.3 Å². The molecule has 0 aliphatic carbocycles. The summed E-state index contributed by atoms with van der Waals surface area (Å²) in [5.41, 5.74) is 0. The van der Waals surface area contributed by atoms with E-state index in [9.17, 15) is 9.59 Å². The maximum Gasteiger partial charge on any atom is 0.291 e. The second kappa shape index (κ2) is 7.42. The van der Waals surface area contributed by atoms with Gasteiger partial charge in [-0.1, -0.05) is 20.3 Å². The number of nitrogens with one attached hydrogen (secondary N) is 1. The minimum Gasteiger partial charge on any atom is -0.343 e. The van der Waals surface area contributed by atoms with Gasteiger partial charge in [-0.25, -0.2) is 5.06 Å². The molecule has 5 nitrogen and oxygen atoms in total. The third-order valence-corrected chi connectivity index (χ3v) is 2.41. The largest absolute Gasteiger partial charge is 0.343 e. The SMILES string of the molecule is CC[C@H](C)[C@H](N[B]C=O)C(=O)N(C)OC. The maximum absolute atomic E-state index is 11.8. The molecular formula is C9H18BN2O3. The van der Waals surface area contributed by atoms with Gasteiger partial charge in [-0.2, -0.15) is 0 Å². The van der Waals surface area contributed by atoms with Crippen molar-refractivity contribution in [2.75, 3.05) is 14.2 Å². The molecule has 0 bridgehead atoms. The molecule has 1 N–H and O–H groups in total. The summed E-state index contributed by atoms with van der Waals surface area (Å²) in [5, 5.41) is 3.93. The van der Waals surface area contributed by atoms with Crippen molar-refractivity contribution >= 4 is 19.5 Å². The average molecular weight is 213 g/mol. The summed E-state index contributed by atoms with van der Waals surface area (Å²) in [4.78, 5) is 26.8. The summed E-state index contributed by atoms with van der Waals surface area (Å²) < 4.78 is 0. The second-order valence-electron chi connectivity index (χ2n) is 3.35. The Morgan fingerprint density at radius 3 is 2.67 bits per heavy atom. The van der Waals surface area contributed by atoms with E-state index >= 15 is 0 Å². The Morgan fingerprint density at radius 2 is 2.27 bits per heavy atom. The molecule has 0 saturated carbocycles. The highest BCUT2D eigenvalue weighted by Gasteiger charge is 2.26. The molecule has 15 heavy (non-hydrogen) atoms. The van der Waals surface area contributed by atoms with E-state index in [4.69, 9.17) is 4.84 Å². The number of carbonyl (C=O) groups is 2. The molecule has 6 heteroatoms. The summed E-state index contributed by atoms with van der Waals surface area (Å²) in [7, 11) is 4.20. The quantitative estimate of drug-likeness (QED) is 0.362. The molecule has 0 fully saturated rings. The minimum atomic E-state index is -0.426. The van der Waals surface area contributed by atoms with Crippen molar-refractivity contribution in [2.45, 2.75) is 26.3 Å². The predicted octanol–water partition coefficient (Wildman–Crippen LogP) is -0.180. The van der Waals surface area contributed by atoms with E-state index in [1.807, 2.05) is 13.8 Å². The monoisotopic (exact) mass is 213 g/mol. The van der Waals surface area contributed by atoms with Crippen LogP contribution in [0.5, 0.6) is 0 Å². The van der Waals surface area contributed by atoms with Gasteiger partial charge < -0.3 is 10.0 Å². The lowest BCUT2D eigenvalue weighted by Crippen LogP contribution is -2.49. The van der Waals surface area contributed by atoms with Crippen molar-refractivity contribution in [1.29, 1.82) is 0 Å². The Balaban J connectivity index is 4.46. The lowest BCUT2D eigenvalue weighted by Gasteiger charge is -2.26. The summed E-state index contributed by atoms with van der Waals surface area (Å²) in [6, 6.07) is -0.426. The molecule has 0 aromatic carbocycles. The topological polar surface area (TPSA) is 58.6 Å². The van der Waals surface area contributed by atoms with E-state index in [-0.39, 0.29) is 11.8 Å². The van der Waals surface area contributed by atoms with Gasteiger partial charge in [0.1, 0.15) is 0 Å². The van der Waals surface area contributed by atoms with Crippen molar-refractivity contribution in [3.63, 3.8) is 0 Å². The number of nitrogens with zero attached hydrogens (tertiary/aromatic N) is 1. The van der Waals surface area contributed by atoms with Gasteiger partial charge in [0.2, 0.25) is 0 Å². The molecule has 0 aliphatic heterocycles. The molecule has 0 spiro atoms. The maximum atomic E-state index is 11.8. The molecule has 2 atom stereocenters. The van der Waals surface area contributed by atoms with Crippen LogP contribution in [-0.4, -0.2) is 44.8 Å². The fourth-order valence-electron chi connectivity index (χ4n) is 1.14. The first-order valence-corrected chi connectivity index (χ1v) is 4.93. The van der Waals surface area contributed by atoms with E-state index in [0.717, 1.165) is 11.5 Å². The smallest absolute Gasteiger partial charge is 0.291 e. The van der Waals surface area contributed by atoms with Crippen LogP contribution in [0, 0.1) is 5.92 Å². The molecule has 85 valence electrons. The highest BCUT2D eigenvalue weighted by molar-refractivity contribution is 6.64. The summed E-state index contributed by atoms with van der Waals surface area (Å²) in [6.07, 6.45) is 1.46. The first-order valence-electron chi connectivity index (χ1n) is 4.93. The number of amides is 1. The fourth-order valence-corrected chi connectivity index (χ4v) is 1.14. The summed E-state index contributed by atoms with van der Waals surface area (Å²) in [5.74, 6) is -0.0590. The van der Waals surface area contributed by atoms with Crippen molar-refractivity contribution in [3.05, 3.63) is 0 Å². The van der Waals surface area contributed by atoms with Crippen molar-refractivity contribution < 1.29 is 14.4 Å². The highest BCUT2D eigenvalue weighted by atomic mass is 16.7. The van der Waals surface area contributed by atoms with Gasteiger partial charge >= 0.3 is 0 Å². The molecule has 0 aromatic rings. The Bertz CT molecular complexity index is 214. The number of rotatable bonds is 7. The van der Waals surface area contributed by atoms with Gasteiger partial charge in [0.15, 0.2) is 0 Å². The van der Waals surface area contributed by atoms with E-state index in [1.54, 1.807) is 7.05 Å². The normalized spacial score (nSPS) is 14.1. The Kier molecular flexibility index (Phi) is 6.99. The third-order valence-electron chi connectivity index (χ3n) is 2.41. The zero-order chi connectivity index (χ0) is 11.8. The van der Waals surface area contributed by atoms with Gasteiger partial charge in [-0.15, -0.1) is 0 Å². The molecule has 1 radical (unpaired) electrons. The molecule has 0 aromatic heterocycles. The van der Waals surface area contributed by atoms with Crippen molar-refractivity contribution in [1.82, 2.24) is 10.3 Å². The number of hydrogen-bond donors (Lipinski definition) is 1. The van der Waals surface area contributed by atoms with Gasteiger partial charge in [0.05, 0.1) is 19.3 Å². The van der Waals surface area contributed by atoms with Crippen molar-refractivity contribution in [3.8, 4) is 0 Å². The van der Waals surface area contributed by atoms with E-state index < -0.39 is 6.04 Å². The Morgan fingerprint density at radius 1 is 1.67 bits per heavy atom. The molecule has 1 amide bonds. The Hall–Kier alpha value is -0.875. The molecule has 0 heterocycles. The van der Waals surface area contributed by atoms with E-state index in [1.165, 1.54) is 14.5 Å². The molecule has 0 saturated heterocycles. The fraction of sp³-hybridized carbons (Fsp3) is 0.778. The lowest BCUT2D eigenvalue weighted by molar-refractivity contribution is -0.171. The number of hydroxylamine groups is 2. The van der Waals surface area contributed by atoms with Crippen LogP contribution in [0.15, 0.2) is 0 Å². The number of likely N-dealkylation sites (N-methyl/N-ethyl adjacent to an activating group) is 1. The summed E-state index contributed by atoms with van der Waals surface area (Å²) in [6.45, 7) is 3.93.